The van der Waals surface area contributed by atoms with Gasteiger partial charge in [0.2, 0.25) is 10.0 Å². The van der Waals surface area contributed by atoms with Crippen LogP contribution in [0.2, 0.25) is 0 Å². The van der Waals surface area contributed by atoms with Gasteiger partial charge in [0.25, 0.3) is 5.91 Å². The molecule has 0 bridgehead atoms. The predicted octanol–water partition coefficient (Wildman–Crippen LogP) is 2.03. The monoisotopic (exact) mass is 439 g/mol. The zero-order chi connectivity index (χ0) is 22.1. The molecule has 0 atom stereocenters. The lowest BCUT2D eigenvalue weighted by Gasteiger charge is -2.22. The van der Waals surface area contributed by atoms with Crippen LogP contribution < -0.4 is 10.6 Å². The van der Waals surface area contributed by atoms with E-state index in [4.69, 9.17) is 4.74 Å². The van der Waals surface area contributed by atoms with Crippen molar-refractivity contribution in [3.05, 3.63) is 29.8 Å². The van der Waals surface area contributed by atoms with Gasteiger partial charge in [-0.1, -0.05) is 33.1 Å². The summed E-state index contributed by atoms with van der Waals surface area (Å²) in [7, 11) is -3.62. The molecule has 1 fully saturated rings. The largest absolute Gasteiger partial charge is 0.452 e. The molecule has 30 heavy (non-hydrogen) atoms. The number of ether oxygens (including phenoxy) is 1. The zero-order valence-corrected chi connectivity index (χ0v) is 18.2. The highest BCUT2D eigenvalue weighted by atomic mass is 32.2. The summed E-state index contributed by atoms with van der Waals surface area (Å²) in [5.74, 6) is -1.53. The van der Waals surface area contributed by atoms with Crippen LogP contribution in [0, 0.1) is 0 Å². The number of amides is 3. The molecule has 0 saturated heterocycles. The summed E-state index contributed by atoms with van der Waals surface area (Å²) >= 11 is 0. The second kappa shape index (κ2) is 11.1. The van der Waals surface area contributed by atoms with Crippen molar-refractivity contribution in [3.63, 3.8) is 0 Å². The van der Waals surface area contributed by atoms with Crippen LogP contribution in [0.5, 0.6) is 0 Å². The Labute approximate surface area is 177 Å². The predicted molar refractivity (Wildman–Crippen MR) is 110 cm³/mol. The molecule has 1 aliphatic rings. The van der Waals surface area contributed by atoms with E-state index in [-0.39, 0.29) is 16.5 Å². The summed E-state index contributed by atoms with van der Waals surface area (Å²) in [6.45, 7) is 3.55. The van der Waals surface area contributed by atoms with Crippen LogP contribution in [0.3, 0.4) is 0 Å². The van der Waals surface area contributed by atoms with Crippen LogP contribution in [0.15, 0.2) is 29.2 Å². The first-order chi connectivity index (χ1) is 14.3. The van der Waals surface area contributed by atoms with Crippen LogP contribution in [0.25, 0.3) is 0 Å². The fraction of sp³-hybridized carbons (Fsp3) is 0.550. The van der Waals surface area contributed by atoms with Crippen LogP contribution in [0.1, 0.15) is 56.3 Å². The molecule has 9 nitrogen and oxygen atoms in total. The van der Waals surface area contributed by atoms with E-state index < -0.39 is 34.5 Å². The Morgan fingerprint density at radius 3 is 2.20 bits per heavy atom. The van der Waals surface area contributed by atoms with Gasteiger partial charge in [0.05, 0.1) is 10.5 Å². The van der Waals surface area contributed by atoms with E-state index >= 15 is 0 Å². The average molecular weight is 440 g/mol. The van der Waals surface area contributed by atoms with Crippen LogP contribution in [-0.2, 0) is 19.6 Å². The normalized spacial score (nSPS) is 14.9. The number of carbonyl (C=O) groups is 3. The number of urea groups is 1. The van der Waals surface area contributed by atoms with Crippen molar-refractivity contribution in [3.8, 4) is 0 Å². The highest BCUT2D eigenvalue weighted by molar-refractivity contribution is 7.89. The molecule has 0 spiro atoms. The maximum Gasteiger partial charge on any atom is 0.338 e. The lowest BCUT2D eigenvalue weighted by Crippen LogP contribution is -2.46. The minimum atomic E-state index is -3.62. The smallest absolute Gasteiger partial charge is 0.338 e. The number of imide groups is 1. The number of hydrogen-bond donors (Lipinski definition) is 2. The van der Waals surface area contributed by atoms with E-state index in [2.05, 4.69) is 10.6 Å². The Bertz CT molecular complexity index is 844. The van der Waals surface area contributed by atoms with Gasteiger partial charge in [-0.25, -0.2) is 18.0 Å². The molecule has 10 heteroatoms. The molecule has 1 aliphatic carbocycles. The van der Waals surface area contributed by atoms with E-state index in [1.54, 1.807) is 13.8 Å². The van der Waals surface area contributed by atoms with E-state index in [0.717, 1.165) is 32.1 Å². The summed E-state index contributed by atoms with van der Waals surface area (Å²) in [4.78, 5) is 35.8. The van der Waals surface area contributed by atoms with Crippen molar-refractivity contribution in [1.82, 2.24) is 14.9 Å². The maximum absolute atomic E-state index is 12.5. The minimum absolute atomic E-state index is 0.0558. The van der Waals surface area contributed by atoms with Gasteiger partial charge >= 0.3 is 12.0 Å². The van der Waals surface area contributed by atoms with Crippen molar-refractivity contribution in [2.75, 3.05) is 19.7 Å². The quantitative estimate of drug-likeness (QED) is 0.598. The van der Waals surface area contributed by atoms with Crippen molar-refractivity contribution < 1.29 is 27.5 Å². The van der Waals surface area contributed by atoms with E-state index in [9.17, 15) is 22.8 Å². The standard InChI is InChI=1S/C20H29N3O6S/c1-3-23(4-2)30(27,28)17-12-10-15(11-13-17)19(25)29-14-18(24)22-20(26)21-16-8-6-5-7-9-16/h10-13,16H,3-9,14H2,1-2H3,(H2,21,22,24,26). The Hall–Kier alpha value is -2.46. The summed E-state index contributed by atoms with van der Waals surface area (Å²) in [6, 6.07) is 4.75. The van der Waals surface area contributed by atoms with Crippen molar-refractivity contribution in [2.24, 2.45) is 0 Å². The fourth-order valence-electron chi connectivity index (χ4n) is 3.32. The fourth-order valence-corrected chi connectivity index (χ4v) is 4.78. The van der Waals surface area contributed by atoms with Gasteiger partial charge in [0, 0.05) is 19.1 Å². The van der Waals surface area contributed by atoms with Crippen molar-refractivity contribution in [2.45, 2.75) is 56.9 Å². The van der Waals surface area contributed by atoms with Crippen LogP contribution in [0.4, 0.5) is 4.79 Å². The van der Waals surface area contributed by atoms with Crippen LogP contribution >= 0.6 is 0 Å². The lowest BCUT2D eigenvalue weighted by atomic mass is 9.96. The molecule has 166 valence electrons. The highest BCUT2D eigenvalue weighted by Crippen LogP contribution is 2.17. The van der Waals surface area contributed by atoms with E-state index in [1.807, 2.05) is 0 Å². The Balaban J connectivity index is 1.84. The van der Waals surface area contributed by atoms with Gasteiger partial charge in [-0.3, -0.25) is 10.1 Å². The number of nitrogens with one attached hydrogen (secondary N) is 2. The average Bonchev–Trinajstić information content (AvgIpc) is 2.73. The molecular formula is C20H29N3O6S. The third-order valence-electron chi connectivity index (χ3n) is 4.96. The zero-order valence-electron chi connectivity index (χ0n) is 17.3. The van der Waals surface area contributed by atoms with E-state index in [0.29, 0.717) is 13.1 Å². The number of carbonyl (C=O) groups excluding carboxylic acids is 3. The number of hydrogen-bond acceptors (Lipinski definition) is 6. The summed E-state index contributed by atoms with van der Waals surface area (Å²) < 4.78 is 31.1. The first-order valence-electron chi connectivity index (χ1n) is 10.2. The lowest BCUT2D eigenvalue weighted by molar-refractivity contribution is -0.123. The molecule has 0 radical (unpaired) electrons. The van der Waals surface area contributed by atoms with Gasteiger partial charge in [-0.15, -0.1) is 0 Å². The van der Waals surface area contributed by atoms with Crippen molar-refractivity contribution >= 4 is 27.9 Å². The number of sulfonamides is 1. The van der Waals surface area contributed by atoms with Crippen LogP contribution in [-0.4, -0.2) is 56.4 Å². The van der Waals surface area contributed by atoms with Gasteiger partial charge in [-0.05, 0) is 37.1 Å². The van der Waals surface area contributed by atoms with Gasteiger partial charge < -0.3 is 10.1 Å². The van der Waals surface area contributed by atoms with Gasteiger partial charge in [0.1, 0.15) is 0 Å². The molecular weight excluding hydrogens is 410 g/mol. The second-order valence-corrected chi connectivity index (χ2v) is 8.98. The van der Waals surface area contributed by atoms with Crippen molar-refractivity contribution in [1.29, 1.82) is 0 Å². The first kappa shape index (κ1) is 23.8. The number of benzene rings is 1. The number of rotatable bonds is 8. The van der Waals surface area contributed by atoms with Gasteiger partial charge in [0.15, 0.2) is 6.61 Å². The number of esters is 1. The van der Waals surface area contributed by atoms with Gasteiger partial charge in [-0.2, -0.15) is 4.31 Å². The third kappa shape index (κ3) is 6.53. The molecule has 0 aromatic heterocycles. The molecule has 1 aromatic carbocycles. The Morgan fingerprint density at radius 1 is 1.03 bits per heavy atom. The summed E-state index contributed by atoms with van der Waals surface area (Å²) in [5.41, 5.74) is 0.105. The molecule has 1 aromatic rings. The number of nitrogens with zero attached hydrogens (tertiary/aromatic N) is 1. The molecule has 2 N–H and O–H groups in total. The summed E-state index contributed by atoms with van der Waals surface area (Å²) in [6.07, 6.45) is 5.02. The molecule has 3 amide bonds. The SMILES string of the molecule is CCN(CC)S(=O)(=O)c1ccc(C(=O)OCC(=O)NC(=O)NC2CCCCC2)cc1. The molecule has 0 aliphatic heterocycles. The summed E-state index contributed by atoms with van der Waals surface area (Å²) in [5, 5.41) is 4.87. The third-order valence-corrected chi connectivity index (χ3v) is 7.03. The molecule has 1 saturated carbocycles. The first-order valence-corrected chi connectivity index (χ1v) is 11.6. The minimum Gasteiger partial charge on any atom is -0.452 e. The molecule has 0 unspecified atom stereocenters. The van der Waals surface area contributed by atoms with E-state index in [1.165, 1.54) is 28.6 Å². The Morgan fingerprint density at radius 2 is 1.63 bits per heavy atom. The topological polar surface area (TPSA) is 122 Å². The second-order valence-electron chi connectivity index (χ2n) is 7.05. The highest BCUT2D eigenvalue weighted by Gasteiger charge is 2.22. The maximum atomic E-state index is 12.5. The molecule has 2 rings (SSSR count). The Kier molecular flexibility index (Phi) is 8.79. The molecule has 0 heterocycles.